The van der Waals surface area contributed by atoms with Crippen molar-refractivity contribution in [1.82, 2.24) is 0 Å². The van der Waals surface area contributed by atoms with Gasteiger partial charge in [-0.1, -0.05) is 48.5 Å². The van der Waals surface area contributed by atoms with E-state index in [9.17, 15) is 25.0 Å². The number of hydrogen-bond donors (Lipinski definition) is 0. The number of rotatable bonds is 3. The average molecular weight is 354 g/mol. The smallest absolute Gasteiger partial charge is 0.317 e. The summed E-state index contributed by atoms with van der Waals surface area (Å²) in [5.74, 6) is -2.12. The fourth-order valence-corrected chi connectivity index (χ4v) is 4.67. The van der Waals surface area contributed by atoms with Crippen molar-refractivity contribution in [2.75, 3.05) is 7.11 Å². The molecule has 3 aliphatic rings. The van der Waals surface area contributed by atoms with Crippen molar-refractivity contribution in [2.45, 2.75) is 17.5 Å². The maximum absolute atomic E-state index is 12.5. The minimum atomic E-state index is -1.90. The third-order valence-corrected chi connectivity index (χ3v) is 5.66. The van der Waals surface area contributed by atoms with Gasteiger partial charge < -0.3 is 4.74 Å². The molecule has 8 heteroatoms. The second-order valence-corrected chi connectivity index (χ2v) is 6.51. The van der Waals surface area contributed by atoms with Gasteiger partial charge in [0.2, 0.25) is 0 Å². The van der Waals surface area contributed by atoms with E-state index in [1.807, 2.05) is 0 Å². The monoisotopic (exact) mass is 354 g/mol. The summed E-state index contributed by atoms with van der Waals surface area (Å²) in [5.41, 5.74) is -2.73. The van der Waals surface area contributed by atoms with Crippen LogP contribution in [-0.4, -0.2) is 22.9 Å². The van der Waals surface area contributed by atoms with Crippen molar-refractivity contribution in [1.29, 1.82) is 0 Å². The maximum Gasteiger partial charge on any atom is 0.317 e. The molecule has 0 saturated heterocycles. The van der Waals surface area contributed by atoms with E-state index >= 15 is 0 Å². The molecule has 3 aliphatic carbocycles. The van der Waals surface area contributed by atoms with Gasteiger partial charge in [0.05, 0.1) is 7.11 Å². The normalized spacial score (nSPS) is 28.0. The summed E-state index contributed by atoms with van der Waals surface area (Å²) in [4.78, 5) is 36.2. The van der Waals surface area contributed by atoms with Crippen LogP contribution in [0.25, 0.3) is 0 Å². The average Bonchev–Trinajstić information content (AvgIpc) is 2.66. The van der Waals surface area contributed by atoms with Gasteiger partial charge in [-0.3, -0.25) is 25.0 Å². The van der Waals surface area contributed by atoms with Crippen LogP contribution in [0.1, 0.15) is 28.7 Å². The number of ether oxygens (including phenoxy) is 1. The Labute approximate surface area is 147 Å². The van der Waals surface area contributed by atoms with Crippen LogP contribution >= 0.6 is 0 Å². The molecule has 1 atom stereocenters. The molecule has 2 aromatic rings. The zero-order valence-electron chi connectivity index (χ0n) is 13.7. The highest BCUT2D eigenvalue weighted by Crippen LogP contribution is 2.62. The van der Waals surface area contributed by atoms with Gasteiger partial charge in [0.15, 0.2) is 0 Å². The van der Waals surface area contributed by atoms with Crippen LogP contribution in [0.15, 0.2) is 48.5 Å². The summed E-state index contributed by atoms with van der Waals surface area (Å²) < 4.78 is 4.81. The van der Waals surface area contributed by atoms with Gasteiger partial charge in [0, 0.05) is 38.5 Å². The minimum absolute atomic E-state index is 0.182. The van der Waals surface area contributed by atoms with E-state index in [0.29, 0.717) is 0 Å². The lowest BCUT2D eigenvalue weighted by molar-refractivity contribution is -0.608. The summed E-state index contributed by atoms with van der Waals surface area (Å²) in [6, 6.07) is 12.5. The Morgan fingerprint density at radius 3 is 1.81 bits per heavy atom. The van der Waals surface area contributed by atoms with Crippen LogP contribution in [-0.2, 0) is 20.6 Å². The molecule has 8 nitrogen and oxygen atoms in total. The van der Waals surface area contributed by atoms with Crippen LogP contribution in [0.2, 0.25) is 0 Å². The summed E-state index contributed by atoms with van der Waals surface area (Å²) in [5, 5.41) is 24.7. The quantitative estimate of drug-likeness (QED) is 0.474. The minimum Gasteiger partial charge on any atom is -0.469 e. The first-order valence-electron chi connectivity index (χ1n) is 7.99. The first-order chi connectivity index (χ1) is 12.4. The number of esters is 1. The molecular weight excluding hydrogens is 340 g/mol. The SMILES string of the molecule is COC(=O)C1CC2([N+](=O)[O-])c3ccccc3C1([N+](=O)[O-])c1ccccc12. The Morgan fingerprint density at radius 1 is 0.962 bits per heavy atom. The molecule has 2 aromatic carbocycles. The van der Waals surface area contributed by atoms with Crippen molar-refractivity contribution >= 4 is 5.97 Å². The molecule has 132 valence electrons. The van der Waals surface area contributed by atoms with Gasteiger partial charge in [-0.2, -0.15) is 0 Å². The lowest BCUT2D eigenvalue weighted by Gasteiger charge is -2.48. The fourth-order valence-electron chi connectivity index (χ4n) is 4.67. The van der Waals surface area contributed by atoms with Gasteiger partial charge in [-0.25, -0.2) is 0 Å². The molecule has 26 heavy (non-hydrogen) atoms. The first kappa shape index (κ1) is 16.2. The standard InChI is InChI=1S/C18H14N2O6/c1-26-16(21)15-10-17(19(22)23)11-6-2-4-8-13(11)18(15,20(24)25)14-9-5-3-7-12(14)17/h2-9,15H,10H2,1H3. The number of benzene rings is 2. The summed E-state index contributed by atoms with van der Waals surface area (Å²) >= 11 is 0. The predicted octanol–water partition coefficient (Wildman–Crippen LogP) is 2.23. The second-order valence-electron chi connectivity index (χ2n) is 6.51. The molecule has 1 unspecified atom stereocenters. The molecule has 5 rings (SSSR count). The second kappa shape index (κ2) is 5.10. The Bertz CT molecular complexity index is 922. The fraction of sp³-hybridized carbons (Fsp3) is 0.278. The summed E-state index contributed by atoms with van der Waals surface area (Å²) in [6.07, 6.45) is -0.318. The molecular formula is C18H14N2O6. The van der Waals surface area contributed by atoms with Gasteiger partial charge in [-0.05, 0) is 0 Å². The van der Waals surface area contributed by atoms with Crippen LogP contribution in [0.3, 0.4) is 0 Å². The highest BCUT2D eigenvalue weighted by Gasteiger charge is 2.75. The van der Waals surface area contributed by atoms with E-state index in [4.69, 9.17) is 4.74 Å². The topological polar surface area (TPSA) is 113 Å². The third-order valence-electron chi connectivity index (χ3n) is 5.66. The highest BCUT2D eigenvalue weighted by molar-refractivity contribution is 5.79. The van der Waals surface area contributed by atoms with Gasteiger partial charge in [-0.15, -0.1) is 0 Å². The number of methoxy groups -OCH3 is 1. The van der Waals surface area contributed by atoms with Crippen LogP contribution in [0.4, 0.5) is 0 Å². The molecule has 0 radical (unpaired) electrons. The van der Waals surface area contributed by atoms with Crippen LogP contribution in [0, 0.1) is 26.1 Å². The van der Waals surface area contributed by atoms with Crippen LogP contribution in [0.5, 0.6) is 0 Å². The summed E-state index contributed by atoms with van der Waals surface area (Å²) in [6.45, 7) is 0. The molecule has 0 spiro atoms. The highest BCUT2D eigenvalue weighted by atomic mass is 16.6. The number of carbonyl (C=O) groups is 1. The lowest BCUT2D eigenvalue weighted by atomic mass is 9.52. The third kappa shape index (κ3) is 1.56. The van der Waals surface area contributed by atoms with Gasteiger partial charge in [0.1, 0.15) is 5.92 Å². The largest absolute Gasteiger partial charge is 0.469 e. The molecule has 0 amide bonds. The van der Waals surface area contributed by atoms with Crippen LogP contribution < -0.4 is 0 Å². The van der Waals surface area contributed by atoms with Crippen molar-refractivity contribution in [3.8, 4) is 0 Å². The Balaban J connectivity index is 2.23. The number of nitro groups is 2. The number of hydrogen-bond acceptors (Lipinski definition) is 6. The Hall–Kier alpha value is -3.29. The molecule has 2 bridgehead atoms. The van der Waals surface area contributed by atoms with E-state index in [1.165, 1.54) is 12.1 Å². The van der Waals surface area contributed by atoms with Crippen molar-refractivity contribution in [2.24, 2.45) is 5.92 Å². The first-order valence-corrected chi connectivity index (χ1v) is 7.99. The Kier molecular flexibility index (Phi) is 3.18. The number of carbonyl (C=O) groups excluding carboxylic acids is 1. The van der Waals surface area contributed by atoms with Crippen molar-refractivity contribution in [3.63, 3.8) is 0 Å². The number of fused-ring (bicyclic) bond motifs is 1. The number of nitrogens with zero attached hydrogens (tertiary/aromatic N) is 2. The molecule has 0 fully saturated rings. The van der Waals surface area contributed by atoms with E-state index in [-0.39, 0.29) is 28.7 Å². The molecule has 0 N–H and O–H groups in total. The zero-order valence-corrected chi connectivity index (χ0v) is 13.7. The van der Waals surface area contributed by atoms with E-state index in [2.05, 4.69) is 0 Å². The van der Waals surface area contributed by atoms with Crippen molar-refractivity contribution in [3.05, 3.63) is 91.0 Å². The summed E-state index contributed by atoms with van der Waals surface area (Å²) in [7, 11) is 1.13. The predicted molar refractivity (Wildman–Crippen MR) is 88.6 cm³/mol. The van der Waals surface area contributed by atoms with Gasteiger partial charge >= 0.3 is 5.97 Å². The lowest BCUT2D eigenvalue weighted by Crippen LogP contribution is -2.62. The van der Waals surface area contributed by atoms with Gasteiger partial charge in [0.25, 0.3) is 11.1 Å². The van der Waals surface area contributed by atoms with E-state index in [0.717, 1.165) is 7.11 Å². The molecule has 0 aromatic heterocycles. The van der Waals surface area contributed by atoms with E-state index < -0.39 is 32.8 Å². The molecule has 0 heterocycles. The molecule has 0 saturated carbocycles. The van der Waals surface area contributed by atoms with E-state index in [1.54, 1.807) is 36.4 Å². The zero-order chi connectivity index (χ0) is 18.7. The van der Waals surface area contributed by atoms with Crippen molar-refractivity contribution < 1.29 is 19.4 Å². The Morgan fingerprint density at radius 2 is 1.42 bits per heavy atom. The molecule has 0 aliphatic heterocycles. The maximum atomic E-state index is 12.5.